The SMILES string of the molecule is Cc1cc2c(cn1)CN(C(=O)C(C)(C)C(F)F)CCO2. The molecule has 1 aromatic heterocycles. The first kappa shape index (κ1) is 14.7. The third kappa shape index (κ3) is 2.73. The molecular weight excluding hydrogens is 266 g/mol. The Morgan fingerprint density at radius 1 is 1.50 bits per heavy atom. The molecule has 1 aliphatic rings. The molecule has 2 rings (SSSR count). The Morgan fingerprint density at radius 3 is 2.85 bits per heavy atom. The van der Waals surface area contributed by atoms with Crippen molar-refractivity contribution in [2.45, 2.75) is 33.7 Å². The van der Waals surface area contributed by atoms with Gasteiger partial charge in [-0.2, -0.15) is 0 Å². The van der Waals surface area contributed by atoms with Gasteiger partial charge in [0, 0.05) is 23.5 Å². The van der Waals surface area contributed by atoms with Gasteiger partial charge in [-0.05, 0) is 20.8 Å². The number of nitrogens with zero attached hydrogens (tertiary/aromatic N) is 2. The van der Waals surface area contributed by atoms with Gasteiger partial charge in [0.1, 0.15) is 17.8 Å². The minimum atomic E-state index is -2.70. The van der Waals surface area contributed by atoms with E-state index >= 15 is 0 Å². The fourth-order valence-corrected chi connectivity index (χ4v) is 2.04. The molecule has 1 aliphatic heterocycles. The van der Waals surface area contributed by atoms with Gasteiger partial charge in [-0.1, -0.05) is 0 Å². The lowest BCUT2D eigenvalue weighted by Crippen LogP contribution is -2.45. The molecule has 1 amide bonds. The van der Waals surface area contributed by atoms with E-state index < -0.39 is 17.7 Å². The van der Waals surface area contributed by atoms with E-state index in [9.17, 15) is 13.6 Å². The summed E-state index contributed by atoms with van der Waals surface area (Å²) in [6, 6.07) is 1.79. The third-order valence-corrected chi connectivity index (χ3v) is 3.44. The van der Waals surface area contributed by atoms with E-state index in [0.717, 1.165) is 11.3 Å². The number of halogens is 2. The number of hydrogen-bond acceptors (Lipinski definition) is 3. The zero-order valence-electron chi connectivity index (χ0n) is 11.8. The average molecular weight is 284 g/mol. The second-order valence-corrected chi connectivity index (χ2v) is 5.53. The number of carbonyl (C=O) groups is 1. The fraction of sp³-hybridized carbons (Fsp3) is 0.571. The van der Waals surface area contributed by atoms with Crippen molar-refractivity contribution in [1.29, 1.82) is 0 Å². The van der Waals surface area contributed by atoms with Gasteiger partial charge in [0.15, 0.2) is 0 Å². The maximum atomic E-state index is 13.0. The van der Waals surface area contributed by atoms with E-state index in [0.29, 0.717) is 18.9 Å². The molecule has 0 radical (unpaired) electrons. The molecule has 0 bridgehead atoms. The lowest BCUT2D eigenvalue weighted by atomic mass is 9.92. The first-order chi connectivity index (χ1) is 9.32. The number of fused-ring (bicyclic) bond motifs is 1. The molecule has 0 unspecified atom stereocenters. The number of hydrogen-bond donors (Lipinski definition) is 0. The van der Waals surface area contributed by atoms with E-state index in [4.69, 9.17) is 4.74 Å². The number of carbonyl (C=O) groups excluding carboxylic acids is 1. The van der Waals surface area contributed by atoms with E-state index in [1.165, 1.54) is 18.7 Å². The molecule has 2 heterocycles. The first-order valence-corrected chi connectivity index (χ1v) is 6.48. The summed E-state index contributed by atoms with van der Waals surface area (Å²) in [4.78, 5) is 17.8. The molecule has 0 aromatic carbocycles. The minimum Gasteiger partial charge on any atom is -0.491 e. The van der Waals surface area contributed by atoms with Crippen LogP contribution in [0.2, 0.25) is 0 Å². The molecule has 6 heteroatoms. The Balaban J connectivity index is 2.24. The lowest BCUT2D eigenvalue weighted by molar-refractivity contribution is -0.149. The van der Waals surface area contributed by atoms with Crippen LogP contribution in [0.25, 0.3) is 0 Å². The molecule has 0 saturated heterocycles. The Bertz CT molecular complexity index is 518. The second kappa shape index (κ2) is 5.34. The summed E-state index contributed by atoms with van der Waals surface area (Å²) in [5.41, 5.74) is -0.134. The van der Waals surface area contributed by atoms with Gasteiger partial charge in [-0.15, -0.1) is 0 Å². The Kier molecular flexibility index (Phi) is 3.92. The van der Waals surface area contributed by atoms with Gasteiger partial charge in [0.2, 0.25) is 5.91 Å². The second-order valence-electron chi connectivity index (χ2n) is 5.53. The van der Waals surface area contributed by atoms with Gasteiger partial charge in [0.25, 0.3) is 6.43 Å². The highest BCUT2D eigenvalue weighted by Gasteiger charge is 2.41. The van der Waals surface area contributed by atoms with E-state index in [1.54, 1.807) is 12.3 Å². The number of aryl methyl sites for hydroxylation is 1. The zero-order chi connectivity index (χ0) is 14.9. The van der Waals surface area contributed by atoms with Crippen molar-refractivity contribution in [2.75, 3.05) is 13.2 Å². The highest BCUT2D eigenvalue weighted by atomic mass is 19.3. The number of alkyl halides is 2. The molecule has 4 nitrogen and oxygen atoms in total. The molecule has 0 atom stereocenters. The summed E-state index contributed by atoms with van der Waals surface area (Å²) in [5, 5.41) is 0. The van der Waals surface area contributed by atoms with Crippen LogP contribution in [0.4, 0.5) is 8.78 Å². The van der Waals surface area contributed by atoms with Crippen molar-refractivity contribution in [2.24, 2.45) is 5.41 Å². The summed E-state index contributed by atoms with van der Waals surface area (Å²) < 4.78 is 31.5. The van der Waals surface area contributed by atoms with Crippen molar-refractivity contribution in [3.63, 3.8) is 0 Å². The summed E-state index contributed by atoms with van der Waals surface area (Å²) in [6.07, 6.45) is -1.07. The number of pyridine rings is 1. The fourth-order valence-electron chi connectivity index (χ4n) is 2.04. The monoisotopic (exact) mass is 284 g/mol. The van der Waals surface area contributed by atoms with Gasteiger partial charge in [-0.25, -0.2) is 8.78 Å². The molecule has 20 heavy (non-hydrogen) atoms. The largest absolute Gasteiger partial charge is 0.491 e. The van der Waals surface area contributed by atoms with Crippen LogP contribution in [0.1, 0.15) is 25.1 Å². The van der Waals surface area contributed by atoms with Crippen LogP contribution in [-0.2, 0) is 11.3 Å². The van der Waals surface area contributed by atoms with E-state index in [-0.39, 0.29) is 6.54 Å². The highest BCUT2D eigenvalue weighted by molar-refractivity contribution is 5.82. The van der Waals surface area contributed by atoms with Crippen molar-refractivity contribution in [1.82, 2.24) is 9.88 Å². The van der Waals surface area contributed by atoms with Crippen LogP contribution in [0.3, 0.4) is 0 Å². The predicted molar refractivity (Wildman–Crippen MR) is 69.7 cm³/mol. The van der Waals surface area contributed by atoms with Crippen molar-refractivity contribution in [3.8, 4) is 5.75 Å². The van der Waals surface area contributed by atoms with Crippen LogP contribution in [0.5, 0.6) is 5.75 Å². The van der Waals surface area contributed by atoms with E-state index in [2.05, 4.69) is 4.98 Å². The van der Waals surface area contributed by atoms with Gasteiger partial charge in [-0.3, -0.25) is 9.78 Å². The summed E-state index contributed by atoms with van der Waals surface area (Å²) in [5.74, 6) is 0.104. The molecule has 0 aliphatic carbocycles. The standard InChI is InChI=1S/C14H18F2N2O2/c1-9-6-11-10(7-17-9)8-18(4-5-20-11)13(19)14(2,3)12(15)16/h6-7,12H,4-5,8H2,1-3H3. The molecule has 0 N–H and O–H groups in total. The zero-order valence-corrected chi connectivity index (χ0v) is 11.8. The summed E-state index contributed by atoms with van der Waals surface area (Å²) in [6.45, 7) is 5.21. The average Bonchev–Trinajstić information content (AvgIpc) is 2.59. The molecule has 110 valence electrons. The topological polar surface area (TPSA) is 42.4 Å². The van der Waals surface area contributed by atoms with Crippen LogP contribution in [-0.4, -0.2) is 35.4 Å². The van der Waals surface area contributed by atoms with Crippen molar-refractivity contribution >= 4 is 5.91 Å². The number of amides is 1. The van der Waals surface area contributed by atoms with E-state index in [1.807, 2.05) is 6.92 Å². The maximum absolute atomic E-state index is 13.0. The first-order valence-electron chi connectivity index (χ1n) is 6.48. The smallest absolute Gasteiger partial charge is 0.252 e. The highest BCUT2D eigenvalue weighted by Crippen LogP contribution is 2.30. The maximum Gasteiger partial charge on any atom is 0.252 e. The summed E-state index contributed by atoms with van der Waals surface area (Å²) in [7, 11) is 0. The number of ether oxygens (including phenoxy) is 1. The molecule has 0 saturated carbocycles. The Hall–Kier alpha value is -1.72. The van der Waals surface area contributed by atoms with Crippen LogP contribution >= 0.6 is 0 Å². The third-order valence-electron chi connectivity index (χ3n) is 3.44. The molecular formula is C14H18F2N2O2. The summed E-state index contributed by atoms with van der Waals surface area (Å²) >= 11 is 0. The molecule has 0 fully saturated rings. The quantitative estimate of drug-likeness (QED) is 0.837. The molecule has 1 aromatic rings. The van der Waals surface area contributed by atoms with Crippen molar-refractivity contribution in [3.05, 3.63) is 23.5 Å². The van der Waals surface area contributed by atoms with Crippen LogP contribution < -0.4 is 4.74 Å². The lowest BCUT2D eigenvalue weighted by Gasteiger charge is -2.30. The number of rotatable bonds is 2. The molecule has 0 spiro atoms. The Morgan fingerprint density at radius 2 is 2.20 bits per heavy atom. The normalized spacial score (nSPS) is 15.6. The van der Waals surface area contributed by atoms with Crippen LogP contribution in [0, 0.1) is 12.3 Å². The van der Waals surface area contributed by atoms with Gasteiger partial charge in [0.05, 0.1) is 13.1 Å². The van der Waals surface area contributed by atoms with Crippen molar-refractivity contribution < 1.29 is 18.3 Å². The minimum absolute atomic E-state index is 0.248. The predicted octanol–water partition coefficient (Wildman–Crippen LogP) is 2.40. The van der Waals surface area contributed by atoms with Gasteiger partial charge >= 0.3 is 0 Å². The van der Waals surface area contributed by atoms with Gasteiger partial charge < -0.3 is 9.64 Å². The Labute approximate surface area is 116 Å². The van der Waals surface area contributed by atoms with Crippen LogP contribution in [0.15, 0.2) is 12.3 Å². The number of aromatic nitrogens is 1.